The smallest absolute Gasteiger partial charge is 0.0222 e. The van der Waals surface area contributed by atoms with Crippen molar-refractivity contribution in [1.29, 1.82) is 0 Å². The number of unbranched alkanes of at least 4 members (excludes halogenated alkanes) is 1. The normalized spacial score (nSPS) is 9.23. The quantitative estimate of drug-likeness (QED) is 0.664. The number of aryl methyl sites for hydroxylation is 2. The minimum Gasteiger partial charge on any atom is -0.351 e. The highest BCUT2D eigenvalue weighted by Gasteiger charge is 1.95. The van der Waals surface area contributed by atoms with Gasteiger partial charge in [0.1, 0.15) is 0 Å². The van der Waals surface area contributed by atoms with Crippen LogP contribution in [-0.4, -0.2) is 4.57 Å². The van der Waals surface area contributed by atoms with Crippen molar-refractivity contribution in [2.24, 2.45) is 0 Å². The summed E-state index contributed by atoms with van der Waals surface area (Å²) in [4.78, 5) is 0. The van der Waals surface area contributed by atoms with Crippen LogP contribution in [0.2, 0.25) is 0 Å². The fourth-order valence-corrected chi connectivity index (χ4v) is 1.32. The molecule has 1 nitrogen and oxygen atoms in total. The van der Waals surface area contributed by atoms with Crippen LogP contribution in [0.3, 0.4) is 0 Å². The predicted molar refractivity (Wildman–Crippen MR) is 60.1 cm³/mol. The molecule has 0 aromatic carbocycles. The first-order valence-electron chi connectivity index (χ1n) is 5.52. The highest BCUT2D eigenvalue weighted by atomic mass is 15.0. The average molecular weight is 181 g/mol. The van der Waals surface area contributed by atoms with Gasteiger partial charge in [-0.05, 0) is 25.0 Å². The highest BCUT2D eigenvalue weighted by Crippen LogP contribution is 2.04. The third-order valence-corrected chi connectivity index (χ3v) is 2.04. The van der Waals surface area contributed by atoms with Crippen LogP contribution in [0.25, 0.3) is 0 Å². The van der Waals surface area contributed by atoms with Crippen molar-refractivity contribution in [3.8, 4) is 0 Å². The maximum atomic E-state index is 2.35. The molecule has 0 saturated carbocycles. The summed E-state index contributed by atoms with van der Waals surface area (Å²) in [6, 6.07) is 4.34. The van der Waals surface area contributed by atoms with Crippen molar-refractivity contribution in [2.45, 2.75) is 53.5 Å². The summed E-state index contributed by atoms with van der Waals surface area (Å²) in [5.74, 6) is 0. The van der Waals surface area contributed by atoms with Gasteiger partial charge in [0.15, 0.2) is 0 Å². The van der Waals surface area contributed by atoms with Gasteiger partial charge >= 0.3 is 0 Å². The monoisotopic (exact) mass is 181 g/mol. The van der Waals surface area contributed by atoms with E-state index in [1.54, 1.807) is 0 Å². The first-order chi connectivity index (χ1) is 6.38. The van der Waals surface area contributed by atoms with Crippen LogP contribution in [0.4, 0.5) is 0 Å². The molecule has 0 fully saturated rings. The molecular formula is C12H23N. The summed E-state index contributed by atoms with van der Waals surface area (Å²) in [5.41, 5.74) is 1.46. The Bertz CT molecular complexity index is 201. The topological polar surface area (TPSA) is 4.93 Å². The van der Waals surface area contributed by atoms with E-state index in [0.717, 1.165) is 6.42 Å². The summed E-state index contributed by atoms with van der Waals surface area (Å²) in [5, 5.41) is 0. The van der Waals surface area contributed by atoms with E-state index in [4.69, 9.17) is 0 Å². The summed E-state index contributed by atoms with van der Waals surface area (Å²) in [6.45, 7) is 9.62. The molecule has 1 heteroatoms. The number of aromatic nitrogens is 1. The maximum absolute atomic E-state index is 2.35. The number of rotatable bonds is 4. The van der Waals surface area contributed by atoms with Crippen molar-refractivity contribution >= 4 is 0 Å². The molecule has 0 atom stereocenters. The second kappa shape index (κ2) is 7.90. The van der Waals surface area contributed by atoms with Gasteiger partial charge in [-0.3, -0.25) is 0 Å². The third kappa shape index (κ3) is 4.16. The Hall–Kier alpha value is -0.720. The number of hydrogen-bond donors (Lipinski definition) is 0. The Morgan fingerprint density at radius 2 is 1.92 bits per heavy atom. The van der Waals surface area contributed by atoms with Crippen LogP contribution >= 0.6 is 0 Å². The molecule has 1 rings (SSSR count). The Balaban J connectivity index is 0.000000671. The van der Waals surface area contributed by atoms with E-state index in [1.165, 1.54) is 25.1 Å². The molecule has 0 N–H and O–H groups in total. The van der Waals surface area contributed by atoms with E-state index in [-0.39, 0.29) is 0 Å². The van der Waals surface area contributed by atoms with Gasteiger partial charge in [-0.25, -0.2) is 0 Å². The van der Waals surface area contributed by atoms with Crippen molar-refractivity contribution in [3.63, 3.8) is 0 Å². The largest absolute Gasteiger partial charge is 0.351 e. The molecule has 1 heterocycles. The van der Waals surface area contributed by atoms with Crippen molar-refractivity contribution in [2.75, 3.05) is 0 Å². The van der Waals surface area contributed by atoms with Gasteiger partial charge in [0, 0.05) is 18.4 Å². The first-order valence-corrected chi connectivity index (χ1v) is 5.52. The number of nitrogens with zero attached hydrogens (tertiary/aromatic N) is 1. The lowest BCUT2D eigenvalue weighted by atomic mass is 10.3. The molecule has 0 aliphatic carbocycles. The molecule has 0 saturated heterocycles. The molecule has 0 aliphatic rings. The molecule has 0 radical (unpaired) electrons. The SMILES string of the molecule is CC.CCCCn1cccc1CC. The molecule has 0 aliphatic heterocycles. The molecule has 0 amide bonds. The van der Waals surface area contributed by atoms with E-state index < -0.39 is 0 Å². The van der Waals surface area contributed by atoms with E-state index in [0.29, 0.717) is 0 Å². The van der Waals surface area contributed by atoms with Crippen LogP contribution < -0.4 is 0 Å². The minimum atomic E-state index is 1.15. The van der Waals surface area contributed by atoms with Gasteiger partial charge in [-0.1, -0.05) is 34.1 Å². The predicted octanol–water partition coefficient (Wildman–Crippen LogP) is 3.88. The lowest BCUT2D eigenvalue weighted by Gasteiger charge is -2.05. The van der Waals surface area contributed by atoms with Gasteiger partial charge < -0.3 is 4.57 Å². The van der Waals surface area contributed by atoms with E-state index >= 15 is 0 Å². The number of hydrogen-bond acceptors (Lipinski definition) is 0. The summed E-state index contributed by atoms with van der Waals surface area (Å²) in [6.07, 6.45) is 5.90. The average Bonchev–Trinajstić information content (AvgIpc) is 2.65. The Kier molecular flexibility index (Phi) is 7.47. The first kappa shape index (κ1) is 12.3. The summed E-state index contributed by atoms with van der Waals surface area (Å²) >= 11 is 0. The van der Waals surface area contributed by atoms with Gasteiger partial charge in [0.25, 0.3) is 0 Å². The van der Waals surface area contributed by atoms with E-state index in [2.05, 4.69) is 36.7 Å². The summed E-state index contributed by atoms with van der Waals surface area (Å²) in [7, 11) is 0. The zero-order valence-corrected chi connectivity index (χ0v) is 9.51. The van der Waals surface area contributed by atoms with E-state index in [9.17, 15) is 0 Å². The van der Waals surface area contributed by atoms with E-state index in [1.807, 2.05) is 13.8 Å². The standard InChI is InChI=1S/C10H17N.C2H6/c1-3-5-8-11-9-6-7-10(11)4-2;1-2/h6-7,9H,3-5,8H2,1-2H3;1-2H3. The van der Waals surface area contributed by atoms with Crippen molar-refractivity contribution in [3.05, 3.63) is 24.0 Å². The van der Waals surface area contributed by atoms with Gasteiger partial charge in [-0.15, -0.1) is 0 Å². The summed E-state index contributed by atoms with van der Waals surface area (Å²) < 4.78 is 2.35. The Labute approximate surface area is 82.8 Å². The van der Waals surface area contributed by atoms with Gasteiger partial charge in [0.2, 0.25) is 0 Å². The zero-order valence-electron chi connectivity index (χ0n) is 9.51. The Morgan fingerprint density at radius 1 is 1.23 bits per heavy atom. The second-order valence-electron chi connectivity index (χ2n) is 2.90. The molecule has 1 aromatic heterocycles. The molecule has 0 unspecified atom stereocenters. The van der Waals surface area contributed by atoms with Gasteiger partial charge in [0.05, 0.1) is 0 Å². The van der Waals surface area contributed by atoms with Gasteiger partial charge in [-0.2, -0.15) is 0 Å². The molecule has 13 heavy (non-hydrogen) atoms. The second-order valence-corrected chi connectivity index (χ2v) is 2.90. The maximum Gasteiger partial charge on any atom is 0.0222 e. The Morgan fingerprint density at radius 3 is 2.46 bits per heavy atom. The van der Waals surface area contributed by atoms with Crippen LogP contribution in [0.1, 0.15) is 46.2 Å². The molecular weight excluding hydrogens is 158 g/mol. The minimum absolute atomic E-state index is 1.15. The van der Waals surface area contributed by atoms with Crippen LogP contribution in [0.15, 0.2) is 18.3 Å². The van der Waals surface area contributed by atoms with Crippen molar-refractivity contribution < 1.29 is 0 Å². The lowest BCUT2D eigenvalue weighted by molar-refractivity contribution is 0.613. The fraction of sp³-hybridized carbons (Fsp3) is 0.667. The molecule has 0 spiro atoms. The van der Waals surface area contributed by atoms with Crippen molar-refractivity contribution in [1.82, 2.24) is 4.57 Å². The molecule has 0 bridgehead atoms. The lowest BCUT2D eigenvalue weighted by Crippen LogP contribution is -1.99. The van der Waals surface area contributed by atoms with Crippen LogP contribution in [0, 0.1) is 0 Å². The van der Waals surface area contributed by atoms with Crippen LogP contribution in [0.5, 0.6) is 0 Å². The third-order valence-electron chi connectivity index (χ3n) is 2.04. The van der Waals surface area contributed by atoms with Crippen LogP contribution in [-0.2, 0) is 13.0 Å². The highest BCUT2D eigenvalue weighted by molar-refractivity contribution is 5.06. The molecule has 1 aromatic rings. The zero-order chi connectivity index (χ0) is 10.1. The molecule has 76 valence electrons. The fourth-order valence-electron chi connectivity index (χ4n) is 1.32.